The summed E-state index contributed by atoms with van der Waals surface area (Å²) in [6.07, 6.45) is -1.02. The zero-order valence-corrected chi connectivity index (χ0v) is 16.5. The number of halogens is 3. The van der Waals surface area contributed by atoms with Crippen molar-refractivity contribution in [3.8, 4) is 0 Å². The molecule has 3 rings (SSSR count). The molecule has 11 heteroatoms. The molecular formula is C17H22F3N5O2S. The maximum atomic E-state index is 12.9. The number of aryl methyl sites for hydroxylation is 1. The minimum Gasteiger partial charge on any atom is -0.306 e. The molecule has 0 saturated carbocycles. The van der Waals surface area contributed by atoms with Crippen LogP contribution in [0.25, 0.3) is 0 Å². The number of sulfonamides is 1. The molecule has 2 N–H and O–H groups in total. The monoisotopic (exact) mass is 417 g/mol. The molecule has 28 heavy (non-hydrogen) atoms. The van der Waals surface area contributed by atoms with Gasteiger partial charge in [0, 0.05) is 19.3 Å². The predicted octanol–water partition coefficient (Wildman–Crippen LogP) is 2.09. The van der Waals surface area contributed by atoms with Gasteiger partial charge in [-0.15, -0.1) is 5.10 Å². The summed E-state index contributed by atoms with van der Waals surface area (Å²) in [5.74, 6) is 0. The van der Waals surface area contributed by atoms with Gasteiger partial charge in [-0.25, -0.2) is 13.1 Å². The molecule has 154 valence electrons. The summed E-state index contributed by atoms with van der Waals surface area (Å²) in [6, 6.07) is 4.21. The van der Waals surface area contributed by atoms with Crippen molar-refractivity contribution >= 4 is 10.0 Å². The number of nitrogens with one attached hydrogen (secondary N) is 2. The van der Waals surface area contributed by atoms with Gasteiger partial charge < -0.3 is 5.32 Å². The molecule has 1 aromatic heterocycles. The second kappa shape index (κ2) is 7.12. The van der Waals surface area contributed by atoms with E-state index >= 15 is 0 Å². The van der Waals surface area contributed by atoms with Crippen molar-refractivity contribution in [3.63, 3.8) is 0 Å². The second-order valence-electron chi connectivity index (χ2n) is 7.38. The fraction of sp³-hybridized carbons (Fsp3) is 0.529. The van der Waals surface area contributed by atoms with E-state index in [1.165, 1.54) is 12.1 Å². The lowest BCUT2D eigenvalue weighted by atomic mass is 9.76. The lowest BCUT2D eigenvalue weighted by Crippen LogP contribution is -2.55. The van der Waals surface area contributed by atoms with Gasteiger partial charge in [0.15, 0.2) is 0 Å². The first-order valence-electron chi connectivity index (χ1n) is 8.67. The average molecular weight is 417 g/mol. The molecule has 2 aromatic rings. The average Bonchev–Trinajstić information content (AvgIpc) is 2.98. The number of rotatable bonds is 4. The lowest BCUT2D eigenvalue weighted by Gasteiger charge is -2.44. The number of hydrogen-bond acceptors (Lipinski definition) is 5. The molecule has 7 nitrogen and oxygen atoms in total. The van der Waals surface area contributed by atoms with Crippen molar-refractivity contribution in [1.29, 1.82) is 0 Å². The third-order valence-electron chi connectivity index (χ3n) is 4.82. The van der Waals surface area contributed by atoms with E-state index in [-0.39, 0.29) is 18.5 Å². The number of nitrogens with zero attached hydrogens (tertiary/aromatic N) is 3. The van der Waals surface area contributed by atoms with Crippen LogP contribution >= 0.6 is 0 Å². The molecule has 1 aliphatic heterocycles. The van der Waals surface area contributed by atoms with Gasteiger partial charge in [-0.2, -0.15) is 13.2 Å². The van der Waals surface area contributed by atoms with Crippen LogP contribution in [0.3, 0.4) is 0 Å². The van der Waals surface area contributed by atoms with Gasteiger partial charge in [-0.05, 0) is 37.5 Å². The highest BCUT2D eigenvalue weighted by Crippen LogP contribution is 2.41. The van der Waals surface area contributed by atoms with E-state index in [4.69, 9.17) is 0 Å². The van der Waals surface area contributed by atoms with Gasteiger partial charge in [0.1, 0.15) is 0 Å². The molecule has 0 radical (unpaired) electrons. The van der Waals surface area contributed by atoms with Crippen molar-refractivity contribution < 1.29 is 21.6 Å². The van der Waals surface area contributed by atoms with Crippen LogP contribution in [-0.4, -0.2) is 35.7 Å². The highest BCUT2D eigenvalue weighted by Gasteiger charge is 2.44. The van der Waals surface area contributed by atoms with Crippen LogP contribution in [-0.2, 0) is 28.8 Å². The minimum absolute atomic E-state index is 0.114. The predicted molar refractivity (Wildman–Crippen MR) is 96.7 cm³/mol. The van der Waals surface area contributed by atoms with Crippen LogP contribution in [0, 0.1) is 0 Å². The van der Waals surface area contributed by atoms with E-state index in [2.05, 4.69) is 20.4 Å². The van der Waals surface area contributed by atoms with Crippen LogP contribution in [0.1, 0.15) is 42.6 Å². The Labute approximate surface area is 161 Å². The van der Waals surface area contributed by atoms with E-state index in [9.17, 15) is 21.6 Å². The smallest absolute Gasteiger partial charge is 0.306 e. The van der Waals surface area contributed by atoms with Crippen molar-refractivity contribution in [3.05, 3.63) is 47.3 Å². The summed E-state index contributed by atoms with van der Waals surface area (Å²) in [6.45, 7) is 1.89. The number of alkyl halides is 3. The maximum Gasteiger partial charge on any atom is 0.416 e. The molecule has 1 fully saturated rings. The molecular weight excluding hydrogens is 395 g/mol. The van der Waals surface area contributed by atoms with Gasteiger partial charge in [0.25, 0.3) is 0 Å². The Balaban J connectivity index is 2.04. The largest absolute Gasteiger partial charge is 0.416 e. The van der Waals surface area contributed by atoms with Crippen LogP contribution in [0.15, 0.2) is 30.5 Å². The van der Waals surface area contributed by atoms with E-state index < -0.39 is 27.3 Å². The zero-order chi connectivity index (χ0) is 20.7. The Hall–Kier alpha value is -1.98. The van der Waals surface area contributed by atoms with Crippen molar-refractivity contribution in [1.82, 2.24) is 25.0 Å². The third-order valence-corrected chi connectivity index (χ3v) is 5.58. The molecule has 2 heterocycles. The Bertz CT molecular complexity index is 942. The van der Waals surface area contributed by atoms with Gasteiger partial charge in [0.05, 0.1) is 29.1 Å². The molecule has 0 unspecified atom stereocenters. The van der Waals surface area contributed by atoms with Crippen LogP contribution in [0.5, 0.6) is 0 Å². The standard InChI is InChI=1S/C17H22F3N5O2S/c1-11-8-16(23-28(3,26)27,9-14(21-11)15-10-25(2)24-22-15)12-4-6-13(7-5-12)17(18,19)20/h4-7,10-11,14,21,23H,8-9H2,1-3H3/t11-,14-,16-/m0/s1. The summed E-state index contributed by atoms with van der Waals surface area (Å²) in [5.41, 5.74) is -0.725. The highest BCUT2D eigenvalue weighted by molar-refractivity contribution is 7.88. The molecule has 1 aliphatic rings. The zero-order valence-electron chi connectivity index (χ0n) is 15.7. The van der Waals surface area contributed by atoms with Gasteiger partial charge in [-0.1, -0.05) is 17.3 Å². The Morgan fingerprint density at radius 2 is 1.89 bits per heavy atom. The molecule has 0 spiro atoms. The fourth-order valence-electron chi connectivity index (χ4n) is 3.84. The normalized spacial score (nSPS) is 26.4. The summed E-state index contributed by atoms with van der Waals surface area (Å²) < 4.78 is 67.3. The molecule has 1 aromatic carbocycles. The Kier molecular flexibility index (Phi) is 5.28. The lowest BCUT2D eigenvalue weighted by molar-refractivity contribution is -0.137. The van der Waals surface area contributed by atoms with E-state index in [0.717, 1.165) is 18.4 Å². The van der Waals surface area contributed by atoms with Crippen molar-refractivity contribution in [2.45, 2.75) is 43.6 Å². The molecule has 0 amide bonds. The van der Waals surface area contributed by atoms with Crippen molar-refractivity contribution in [2.24, 2.45) is 7.05 Å². The van der Waals surface area contributed by atoms with E-state index in [0.29, 0.717) is 17.7 Å². The first-order chi connectivity index (χ1) is 12.9. The van der Waals surface area contributed by atoms with E-state index in [1.54, 1.807) is 17.9 Å². The maximum absolute atomic E-state index is 12.9. The second-order valence-corrected chi connectivity index (χ2v) is 9.13. The topological polar surface area (TPSA) is 88.9 Å². The number of aromatic nitrogens is 3. The van der Waals surface area contributed by atoms with Gasteiger partial charge in [0.2, 0.25) is 10.0 Å². The van der Waals surface area contributed by atoms with Crippen LogP contribution in [0.2, 0.25) is 0 Å². The Morgan fingerprint density at radius 1 is 1.25 bits per heavy atom. The molecule has 0 bridgehead atoms. The molecule has 3 atom stereocenters. The highest BCUT2D eigenvalue weighted by atomic mass is 32.2. The van der Waals surface area contributed by atoms with Gasteiger partial charge >= 0.3 is 6.18 Å². The number of benzene rings is 1. The summed E-state index contributed by atoms with van der Waals surface area (Å²) in [4.78, 5) is 0. The number of piperidine rings is 1. The van der Waals surface area contributed by atoms with Crippen molar-refractivity contribution in [2.75, 3.05) is 6.26 Å². The van der Waals surface area contributed by atoms with Crippen LogP contribution < -0.4 is 10.0 Å². The third kappa shape index (κ3) is 4.53. The quantitative estimate of drug-likeness (QED) is 0.795. The molecule has 1 saturated heterocycles. The summed E-state index contributed by atoms with van der Waals surface area (Å²) in [7, 11) is -1.91. The van der Waals surface area contributed by atoms with Crippen LogP contribution in [0.4, 0.5) is 13.2 Å². The summed E-state index contributed by atoms with van der Waals surface area (Å²) >= 11 is 0. The first kappa shape index (κ1) is 20.7. The number of hydrogen-bond donors (Lipinski definition) is 2. The minimum atomic E-state index is -4.46. The van der Waals surface area contributed by atoms with E-state index in [1.807, 2.05) is 6.92 Å². The Morgan fingerprint density at radius 3 is 2.39 bits per heavy atom. The SMILES string of the molecule is C[C@H]1C[C@@](NS(C)(=O)=O)(c2ccc(C(F)(F)F)cc2)C[C@@H](c2cn(C)nn2)N1. The van der Waals surface area contributed by atoms with Gasteiger partial charge in [-0.3, -0.25) is 4.68 Å². The summed E-state index contributed by atoms with van der Waals surface area (Å²) in [5, 5.41) is 11.4. The first-order valence-corrected chi connectivity index (χ1v) is 10.6. The molecule has 0 aliphatic carbocycles. The fourth-order valence-corrected chi connectivity index (χ4v) is 4.84.